The summed E-state index contributed by atoms with van der Waals surface area (Å²) in [5.41, 5.74) is 2.87. The SMILES string of the molecule is COc1cc(Cc2nccc(Nc3c(C)c(C)nn3-c3ccccn3)n2)cc(OC)c1OC. The van der Waals surface area contributed by atoms with Gasteiger partial charge in [-0.15, -0.1) is 0 Å². The van der Waals surface area contributed by atoms with E-state index in [2.05, 4.69) is 20.4 Å². The van der Waals surface area contributed by atoms with E-state index in [0.717, 1.165) is 28.5 Å². The summed E-state index contributed by atoms with van der Waals surface area (Å²) in [5.74, 6) is 4.57. The molecule has 3 heterocycles. The van der Waals surface area contributed by atoms with Crippen LogP contribution in [-0.2, 0) is 6.42 Å². The summed E-state index contributed by atoms with van der Waals surface area (Å²) < 4.78 is 18.1. The van der Waals surface area contributed by atoms with Gasteiger partial charge in [-0.25, -0.2) is 15.0 Å². The molecule has 0 aliphatic carbocycles. The monoisotopic (exact) mass is 446 g/mol. The van der Waals surface area contributed by atoms with E-state index in [1.165, 1.54) is 0 Å². The van der Waals surface area contributed by atoms with Crippen LogP contribution >= 0.6 is 0 Å². The first kappa shape index (κ1) is 22.1. The van der Waals surface area contributed by atoms with E-state index in [0.29, 0.717) is 35.3 Å². The largest absolute Gasteiger partial charge is 0.493 e. The Balaban J connectivity index is 1.63. The molecule has 33 heavy (non-hydrogen) atoms. The van der Waals surface area contributed by atoms with Gasteiger partial charge in [0.05, 0.1) is 27.0 Å². The van der Waals surface area contributed by atoms with Crippen molar-refractivity contribution in [3.63, 3.8) is 0 Å². The van der Waals surface area contributed by atoms with Gasteiger partial charge in [0.2, 0.25) is 5.75 Å². The maximum absolute atomic E-state index is 5.46. The number of rotatable bonds is 8. The molecule has 0 saturated carbocycles. The smallest absolute Gasteiger partial charge is 0.203 e. The van der Waals surface area contributed by atoms with Crippen LogP contribution in [0.3, 0.4) is 0 Å². The van der Waals surface area contributed by atoms with Crippen LogP contribution in [0.4, 0.5) is 11.6 Å². The maximum Gasteiger partial charge on any atom is 0.203 e. The summed E-state index contributed by atoms with van der Waals surface area (Å²) in [6, 6.07) is 11.3. The first-order chi connectivity index (χ1) is 16.0. The maximum atomic E-state index is 5.46. The zero-order chi connectivity index (χ0) is 23.4. The van der Waals surface area contributed by atoms with Gasteiger partial charge in [-0.1, -0.05) is 6.07 Å². The number of hydrogen-bond acceptors (Lipinski definition) is 8. The molecular formula is C24H26N6O3. The van der Waals surface area contributed by atoms with Gasteiger partial charge in [0.25, 0.3) is 0 Å². The zero-order valence-corrected chi connectivity index (χ0v) is 19.3. The highest BCUT2D eigenvalue weighted by Crippen LogP contribution is 2.38. The van der Waals surface area contributed by atoms with Crippen molar-refractivity contribution in [2.24, 2.45) is 0 Å². The number of nitrogens with zero attached hydrogens (tertiary/aromatic N) is 5. The first-order valence-electron chi connectivity index (χ1n) is 10.4. The molecule has 9 nitrogen and oxygen atoms in total. The van der Waals surface area contributed by atoms with Crippen LogP contribution in [0.2, 0.25) is 0 Å². The van der Waals surface area contributed by atoms with Crippen LogP contribution in [0.5, 0.6) is 17.2 Å². The lowest BCUT2D eigenvalue weighted by Gasteiger charge is -2.14. The predicted octanol–water partition coefficient (Wildman–Crippen LogP) is 4.03. The molecule has 9 heteroatoms. The van der Waals surface area contributed by atoms with Crippen LogP contribution < -0.4 is 19.5 Å². The van der Waals surface area contributed by atoms with E-state index in [1.807, 2.05) is 50.2 Å². The Kier molecular flexibility index (Phi) is 6.39. The molecule has 0 amide bonds. The Morgan fingerprint density at radius 2 is 1.67 bits per heavy atom. The third kappa shape index (κ3) is 4.57. The number of benzene rings is 1. The Morgan fingerprint density at radius 1 is 0.909 bits per heavy atom. The molecule has 170 valence electrons. The molecule has 0 unspecified atom stereocenters. The van der Waals surface area contributed by atoms with Crippen LogP contribution in [0, 0.1) is 13.8 Å². The highest BCUT2D eigenvalue weighted by molar-refractivity contribution is 5.60. The quantitative estimate of drug-likeness (QED) is 0.433. The first-order valence-corrected chi connectivity index (χ1v) is 10.4. The summed E-state index contributed by atoms with van der Waals surface area (Å²) in [6.07, 6.45) is 3.96. The van der Waals surface area contributed by atoms with Gasteiger partial charge in [0.1, 0.15) is 17.5 Å². The molecule has 0 fully saturated rings. The van der Waals surface area contributed by atoms with E-state index in [1.54, 1.807) is 38.4 Å². The van der Waals surface area contributed by atoms with Crippen LogP contribution in [-0.4, -0.2) is 46.1 Å². The molecule has 0 atom stereocenters. The van der Waals surface area contributed by atoms with Crippen LogP contribution in [0.1, 0.15) is 22.6 Å². The fourth-order valence-electron chi connectivity index (χ4n) is 3.49. The minimum absolute atomic E-state index is 0.490. The number of hydrogen-bond donors (Lipinski definition) is 1. The Bertz CT molecular complexity index is 1230. The van der Waals surface area contributed by atoms with E-state index in [4.69, 9.17) is 19.2 Å². The van der Waals surface area contributed by atoms with Gasteiger partial charge in [-0.3, -0.25) is 0 Å². The number of aryl methyl sites for hydroxylation is 1. The highest BCUT2D eigenvalue weighted by Gasteiger charge is 2.16. The fourth-order valence-corrected chi connectivity index (χ4v) is 3.49. The average Bonchev–Trinajstić information content (AvgIpc) is 3.12. The lowest BCUT2D eigenvalue weighted by molar-refractivity contribution is 0.324. The minimum atomic E-state index is 0.490. The fraction of sp³-hybridized carbons (Fsp3) is 0.250. The molecule has 0 aliphatic heterocycles. The number of nitrogens with one attached hydrogen (secondary N) is 1. The standard InChI is InChI=1S/C24H26N6O3/c1-15-16(2)29-30(22-8-6-7-10-26-22)24(15)28-20-9-11-25-21(27-20)14-17-12-18(31-3)23(33-5)19(13-17)32-4/h6-13H,14H2,1-5H3,(H,25,27,28). The van der Waals surface area contributed by atoms with Crippen molar-refractivity contribution < 1.29 is 14.2 Å². The summed E-state index contributed by atoms with van der Waals surface area (Å²) in [6.45, 7) is 3.98. The second kappa shape index (κ2) is 9.56. The number of ether oxygens (including phenoxy) is 3. The summed E-state index contributed by atoms with van der Waals surface area (Å²) in [5, 5.41) is 8.02. The second-order valence-electron chi connectivity index (χ2n) is 7.35. The molecule has 0 bridgehead atoms. The van der Waals surface area contributed by atoms with Gasteiger partial charge >= 0.3 is 0 Å². The van der Waals surface area contributed by atoms with Crippen molar-refractivity contribution >= 4 is 11.6 Å². The molecule has 0 saturated heterocycles. The normalized spacial score (nSPS) is 10.7. The molecule has 3 aromatic heterocycles. The third-order valence-corrected chi connectivity index (χ3v) is 5.26. The van der Waals surface area contributed by atoms with Crippen molar-refractivity contribution in [3.8, 4) is 23.1 Å². The minimum Gasteiger partial charge on any atom is -0.493 e. The lowest BCUT2D eigenvalue weighted by Crippen LogP contribution is -2.07. The van der Waals surface area contributed by atoms with Crippen LogP contribution in [0.25, 0.3) is 5.82 Å². The number of aromatic nitrogens is 5. The Labute approximate surface area is 192 Å². The average molecular weight is 447 g/mol. The molecule has 1 aromatic carbocycles. The molecule has 4 rings (SSSR count). The van der Waals surface area contributed by atoms with Gasteiger partial charge in [0.15, 0.2) is 17.3 Å². The molecule has 1 N–H and O–H groups in total. The summed E-state index contributed by atoms with van der Waals surface area (Å²) in [7, 11) is 4.77. The zero-order valence-electron chi connectivity index (χ0n) is 19.3. The topological polar surface area (TPSA) is 96.2 Å². The molecule has 0 radical (unpaired) electrons. The molecule has 0 aliphatic rings. The number of pyridine rings is 1. The highest BCUT2D eigenvalue weighted by atomic mass is 16.5. The van der Waals surface area contributed by atoms with E-state index in [9.17, 15) is 0 Å². The molecule has 4 aromatic rings. The van der Waals surface area contributed by atoms with Crippen LogP contribution in [0.15, 0.2) is 48.8 Å². The summed E-state index contributed by atoms with van der Waals surface area (Å²) in [4.78, 5) is 13.6. The van der Waals surface area contributed by atoms with Gasteiger partial charge in [0, 0.05) is 24.4 Å². The van der Waals surface area contributed by atoms with Crippen molar-refractivity contribution in [1.29, 1.82) is 0 Å². The predicted molar refractivity (Wildman–Crippen MR) is 125 cm³/mol. The number of anilines is 2. The van der Waals surface area contributed by atoms with Gasteiger partial charge in [-0.05, 0) is 49.7 Å². The van der Waals surface area contributed by atoms with E-state index < -0.39 is 0 Å². The van der Waals surface area contributed by atoms with Crippen molar-refractivity contribution in [2.45, 2.75) is 20.3 Å². The lowest BCUT2D eigenvalue weighted by atomic mass is 10.1. The molecular weight excluding hydrogens is 420 g/mol. The molecule has 0 spiro atoms. The van der Waals surface area contributed by atoms with Gasteiger partial charge < -0.3 is 19.5 Å². The number of methoxy groups -OCH3 is 3. The van der Waals surface area contributed by atoms with E-state index in [-0.39, 0.29) is 0 Å². The Hall–Kier alpha value is -4.14. The second-order valence-corrected chi connectivity index (χ2v) is 7.35. The summed E-state index contributed by atoms with van der Waals surface area (Å²) >= 11 is 0. The van der Waals surface area contributed by atoms with Gasteiger partial charge in [-0.2, -0.15) is 9.78 Å². The van der Waals surface area contributed by atoms with Crippen molar-refractivity contribution in [1.82, 2.24) is 24.7 Å². The van der Waals surface area contributed by atoms with Crippen molar-refractivity contribution in [2.75, 3.05) is 26.6 Å². The van der Waals surface area contributed by atoms with E-state index >= 15 is 0 Å². The Morgan fingerprint density at radius 3 is 2.30 bits per heavy atom. The third-order valence-electron chi connectivity index (χ3n) is 5.26. The van der Waals surface area contributed by atoms with Crippen molar-refractivity contribution in [3.05, 3.63) is 71.4 Å².